The summed E-state index contributed by atoms with van der Waals surface area (Å²) in [5.74, 6) is 0.284. The fraction of sp³-hybridized carbons (Fsp3) is 0.294. The summed E-state index contributed by atoms with van der Waals surface area (Å²) >= 11 is 1.56. The van der Waals surface area contributed by atoms with Gasteiger partial charge in [-0.1, -0.05) is 43.8 Å². The summed E-state index contributed by atoms with van der Waals surface area (Å²) in [5, 5.41) is 0. The Bertz CT molecular complexity index is 576. The molecule has 20 heavy (non-hydrogen) atoms. The predicted molar refractivity (Wildman–Crippen MR) is 83.7 cm³/mol. The molecule has 0 spiro atoms. The Hall–Kier alpha value is -1.32. The molecule has 0 aliphatic rings. The van der Waals surface area contributed by atoms with E-state index in [-0.39, 0.29) is 11.9 Å². The summed E-state index contributed by atoms with van der Waals surface area (Å²) in [4.78, 5) is 1.99. The highest BCUT2D eigenvalue weighted by molar-refractivity contribution is 7.99. The lowest BCUT2D eigenvalue weighted by atomic mass is 10.0. The van der Waals surface area contributed by atoms with Crippen LogP contribution in [0.4, 0.5) is 4.39 Å². The molecule has 0 aliphatic carbocycles. The third-order valence-corrected chi connectivity index (χ3v) is 4.33. The van der Waals surface area contributed by atoms with Crippen molar-refractivity contribution in [1.29, 1.82) is 0 Å². The summed E-state index contributed by atoms with van der Waals surface area (Å²) < 4.78 is 13.9. The van der Waals surface area contributed by atoms with Gasteiger partial charge in [0.15, 0.2) is 0 Å². The normalized spacial score (nSPS) is 12.7. The van der Waals surface area contributed by atoms with Gasteiger partial charge in [-0.2, -0.15) is 0 Å². The van der Waals surface area contributed by atoms with Crippen LogP contribution in [0.5, 0.6) is 0 Å². The molecule has 1 nitrogen and oxygen atoms in total. The fourth-order valence-electron chi connectivity index (χ4n) is 2.10. The van der Waals surface area contributed by atoms with Crippen LogP contribution >= 0.6 is 11.8 Å². The van der Waals surface area contributed by atoms with Gasteiger partial charge < -0.3 is 5.73 Å². The van der Waals surface area contributed by atoms with Crippen LogP contribution in [-0.2, 0) is 0 Å². The maximum absolute atomic E-state index is 13.9. The van der Waals surface area contributed by atoms with Crippen molar-refractivity contribution >= 4 is 11.8 Å². The minimum Gasteiger partial charge on any atom is -0.324 e. The van der Waals surface area contributed by atoms with E-state index in [1.54, 1.807) is 17.8 Å². The molecule has 0 unspecified atom stereocenters. The number of halogens is 1. The molecule has 0 amide bonds. The lowest BCUT2D eigenvalue weighted by Gasteiger charge is -2.13. The third-order valence-electron chi connectivity index (χ3n) is 3.24. The summed E-state index contributed by atoms with van der Waals surface area (Å²) in [5.41, 5.74) is 7.77. The van der Waals surface area contributed by atoms with Gasteiger partial charge in [0, 0.05) is 21.4 Å². The molecule has 0 fully saturated rings. The van der Waals surface area contributed by atoms with E-state index in [9.17, 15) is 4.39 Å². The summed E-state index contributed by atoms with van der Waals surface area (Å²) in [7, 11) is 0. The first-order chi connectivity index (χ1) is 9.49. The highest BCUT2D eigenvalue weighted by atomic mass is 32.2. The molecule has 2 rings (SSSR count). The van der Waals surface area contributed by atoms with Crippen molar-refractivity contribution in [2.24, 2.45) is 5.73 Å². The Balaban J connectivity index is 2.28. The van der Waals surface area contributed by atoms with Crippen molar-refractivity contribution in [1.82, 2.24) is 0 Å². The van der Waals surface area contributed by atoms with Gasteiger partial charge in [-0.15, -0.1) is 0 Å². The van der Waals surface area contributed by atoms with Crippen molar-refractivity contribution in [2.75, 3.05) is 0 Å². The first-order valence-electron chi connectivity index (χ1n) is 6.81. The lowest BCUT2D eigenvalue weighted by molar-refractivity contribution is 0.585. The van der Waals surface area contributed by atoms with Gasteiger partial charge in [0.1, 0.15) is 5.82 Å². The van der Waals surface area contributed by atoms with Crippen molar-refractivity contribution in [3.8, 4) is 0 Å². The minimum absolute atomic E-state index is 0.233. The second-order valence-electron chi connectivity index (χ2n) is 5.27. The van der Waals surface area contributed by atoms with Crippen molar-refractivity contribution in [2.45, 2.75) is 42.5 Å². The Morgan fingerprint density at radius 2 is 1.65 bits per heavy atom. The van der Waals surface area contributed by atoms with E-state index in [2.05, 4.69) is 38.1 Å². The second kappa shape index (κ2) is 6.42. The smallest absolute Gasteiger partial charge is 0.129 e. The summed E-state index contributed by atoms with van der Waals surface area (Å²) in [6, 6.07) is 13.2. The molecule has 3 heteroatoms. The molecule has 2 aromatic rings. The van der Waals surface area contributed by atoms with Gasteiger partial charge in [0.2, 0.25) is 0 Å². The van der Waals surface area contributed by atoms with Crippen LogP contribution < -0.4 is 5.73 Å². The molecule has 0 aromatic heterocycles. The van der Waals surface area contributed by atoms with Gasteiger partial charge in [0.05, 0.1) is 0 Å². The molecule has 0 saturated carbocycles. The number of hydrogen-bond acceptors (Lipinski definition) is 2. The van der Waals surface area contributed by atoms with Gasteiger partial charge in [-0.3, -0.25) is 0 Å². The zero-order valence-electron chi connectivity index (χ0n) is 12.1. The number of benzene rings is 2. The van der Waals surface area contributed by atoms with E-state index in [1.165, 1.54) is 11.6 Å². The van der Waals surface area contributed by atoms with Crippen LogP contribution in [-0.4, -0.2) is 0 Å². The molecule has 0 bridgehead atoms. The molecule has 0 aliphatic heterocycles. The van der Waals surface area contributed by atoms with E-state index in [4.69, 9.17) is 5.73 Å². The second-order valence-corrected chi connectivity index (χ2v) is 6.38. The standard InChI is InChI=1S/C17H20FNS/c1-11(2)13-7-9-14(10-8-13)20-16-6-4-5-15(18)17(16)12(3)19/h4-12H,19H2,1-3H3/t12-/m0/s1. The Morgan fingerprint density at radius 3 is 2.20 bits per heavy atom. The Morgan fingerprint density at radius 1 is 1.00 bits per heavy atom. The Kier molecular flexibility index (Phi) is 4.84. The maximum atomic E-state index is 13.9. The largest absolute Gasteiger partial charge is 0.324 e. The molecule has 1 atom stereocenters. The van der Waals surface area contributed by atoms with Crippen LogP contribution in [0, 0.1) is 5.82 Å². The average molecular weight is 289 g/mol. The van der Waals surface area contributed by atoms with Gasteiger partial charge in [-0.05, 0) is 42.7 Å². The first kappa shape index (κ1) is 15.1. The van der Waals surface area contributed by atoms with Gasteiger partial charge in [0.25, 0.3) is 0 Å². The van der Waals surface area contributed by atoms with E-state index in [0.29, 0.717) is 11.5 Å². The first-order valence-corrected chi connectivity index (χ1v) is 7.62. The molecular weight excluding hydrogens is 269 g/mol. The van der Waals surface area contributed by atoms with Crippen molar-refractivity contribution in [3.63, 3.8) is 0 Å². The molecule has 0 heterocycles. The zero-order valence-corrected chi connectivity index (χ0v) is 12.9. The van der Waals surface area contributed by atoms with Crippen LogP contribution in [0.15, 0.2) is 52.3 Å². The summed E-state index contributed by atoms with van der Waals surface area (Å²) in [6.07, 6.45) is 0. The predicted octanol–water partition coefficient (Wildman–Crippen LogP) is 5.12. The maximum Gasteiger partial charge on any atom is 0.129 e. The SMILES string of the molecule is CC(C)c1ccc(Sc2cccc(F)c2[C@H](C)N)cc1. The number of hydrogen-bond donors (Lipinski definition) is 1. The summed E-state index contributed by atoms with van der Waals surface area (Å²) in [6.45, 7) is 6.15. The quantitative estimate of drug-likeness (QED) is 0.845. The van der Waals surface area contributed by atoms with Crippen LogP contribution in [0.25, 0.3) is 0 Å². The van der Waals surface area contributed by atoms with E-state index in [1.807, 2.05) is 13.0 Å². The van der Waals surface area contributed by atoms with E-state index >= 15 is 0 Å². The molecular formula is C17H20FNS. The lowest BCUT2D eigenvalue weighted by Crippen LogP contribution is -2.08. The van der Waals surface area contributed by atoms with E-state index < -0.39 is 0 Å². The average Bonchev–Trinajstić information content (AvgIpc) is 2.39. The van der Waals surface area contributed by atoms with Crippen LogP contribution in [0.1, 0.15) is 43.9 Å². The van der Waals surface area contributed by atoms with E-state index in [0.717, 1.165) is 9.79 Å². The fourth-order valence-corrected chi connectivity index (χ4v) is 3.16. The highest BCUT2D eigenvalue weighted by Gasteiger charge is 2.13. The van der Waals surface area contributed by atoms with Gasteiger partial charge >= 0.3 is 0 Å². The minimum atomic E-state index is -0.311. The van der Waals surface area contributed by atoms with Crippen molar-refractivity contribution in [3.05, 3.63) is 59.4 Å². The Labute approximate surface area is 124 Å². The number of nitrogens with two attached hydrogens (primary N) is 1. The zero-order chi connectivity index (χ0) is 14.7. The van der Waals surface area contributed by atoms with Crippen LogP contribution in [0.3, 0.4) is 0 Å². The van der Waals surface area contributed by atoms with Crippen LogP contribution in [0.2, 0.25) is 0 Å². The number of rotatable bonds is 4. The van der Waals surface area contributed by atoms with Gasteiger partial charge in [-0.25, -0.2) is 4.39 Å². The molecule has 0 saturated heterocycles. The topological polar surface area (TPSA) is 26.0 Å². The monoisotopic (exact) mass is 289 g/mol. The molecule has 2 N–H and O–H groups in total. The third kappa shape index (κ3) is 3.41. The molecule has 2 aromatic carbocycles. The van der Waals surface area contributed by atoms with Crippen molar-refractivity contribution < 1.29 is 4.39 Å². The highest BCUT2D eigenvalue weighted by Crippen LogP contribution is 2.34. The molecule has 106 valence electrons. The molecule has 0 radical (unpaired) electrons.